The van der Waals surface area contributed by atoms with Crippen molar-refractivity contribution in [1.29, 1.82) is 0 Å². The topological polar surface area (TPSA) is 114 Å². The molecule has 0 fully saturated rings. The van der Waals surface area contributed by atoms with Crippen LogP contribution in [0.1, 0.15) is 39.4 Å². The summed E-state index contributed by atoms with van der Waals surface area (Å²) in [5, 5.41) is 9.06. The van der Waals surface area contributed by atoms with E-state index in [4.69, 9.17) is 8.83 Å². The molecule has 0 spiro atoms. The molecule has 9 nitrogen and oxygen atoms in total. The van der Waals surface area contributed by atoms with E-state index in [0.717, 1.165) is 27.9 Å². The van der Waals surface area contributed by atoms with E-state index in [1.54, 1.807) is 35.8 Å². The van der Waals surface area contributed by atoms with Crippen LogP contribution in [0.15, 0.2) is 64.0 Å². The van der Waals surface area contributed by atoms with Gasteiger partial charge >= 0.3 is 11.8 Å². The lowest BCUT2D eigenvalue weighted by molar-refractivity contribution is 0.0632. The number of hydrogen-bond acceptors (Lipinski definition) is 7. The Balaban J connectivity index is 1.43. The van der Waals surface area contributed by atoms with E-state index in [2.05, 4.69) is 25.1 Å². The molecular formula is C23H18N6O3. The third-order valence-electron chi connectivity index (χ3n) is 5.83. The predicted octanol–water partition coefficient (Wildman–Crippen LogP) is 3.70. The Morgan fingerprint density at radius 3 is 2.91 bits per heavy atom. The number of rotatable bonds is 3. The van der Waals surface area contributed by atoms with Crippen molar-refractivity contribution in [2.24, 2.45) is 0 Å². The van der Waals surface area contributed by atoms with Gasteiger partial charge in [0.2, 0.25) is 5.89 Å². The largest absolute Gasteiger partial charge is 0.458 e. The molecule has 0 saturated carbocycles. The van der Waals surface area contributed by atoms with E-state index in [-0.39, 0.29) is 17.7 Å². The zero-order chi connectivity index (χ0) is 21.7. The highest BCUT2D eigenvalue weighted by molar-refractivity contribution is 5.91. The Morgan fingerprint density at radius 1 is 1.16 bits per heavy atom. The summed E-state index contributed by atoms with van der Waals surface area (Å²) >= 11 is 0. The molecule has 0 bridgehead atoms. The van der Waals surface area contributed by atoms with Crippen LogP contribution in [0, 0.1) is 6.92 Å². The van der Waals surface area contributed by atoms with Gasteiger partial charge in [-0.15, -0.1) is 10.2 Å². The lowest BCUT2D eigenvalue weighted by Crippen LogP contribution is -2.41. The number of furan rings is 1. The molecule has 0 radical (unpaired) electrons. The number of benzene rings is 1. The van der Waals surface area contributed by atoms with Crippen molar-refractivity contribution in [3.63, 3.8) is 0 Å². The summed E-state index contributed by atoms with van der Waals surface area (Å²) < 4.78 is 11.9. The van der Waals surface area contributed by atoms with Crippen molar-refractivity contribution in [2.45, 2.75) is 19.4 Å². The first-order valence-corrected chi connectivity index (χ1v) is 10.3. The first-order valence-electron chi connectivity index (χ1n) is 10.3. The minimum Gasteiger partial charge on any atom is -0.458 e. The molecule has 5 heterocycles. The second kappa shape index (κ2) is 7.16. The number of pyridine rings is 1. The third kappa shape index (κ3) is 2.82. The molecule has 1 atom stereocenters. The van der Waals surface area contributed by atoms with Crippen LogP contribution in [0.2, 0.25) is 0 Å². The van der Waals surface area contributed by atoms with Crippen LogP contribution in [-0.2, 0) is 6.42 Å². The number of nitrogens with one attached hydrogen (secondary N) is 1. The van der Waals surface area contributed by atoms with E-state index in [0.29, 0.717) is 24.3 Å². The van der Waals surface area contributed by atoms with Crippen molar-refractivity contribution >= 4 is 16.9 Å². The Morgan fingerprint density at radius 2 is 2.06 bits per heavy atom. The maximum atomic E-state index is 13.5. The second-order valence-corrected chi connectivity index (χ2v) is 7.66. The van der Waals surface area contributed by atoms with Crippen LogP contribution < -0.4 is 0 Å². The van der Waals surface area contributed by atoms with E-state index < -0.39 is 6.04 Å². The number of aromatic amines is 1. The highest BCUT2D eigenvalue weighted by atomic mass is 16.4. The van der Waals surface area contributed by atoms with Crippen molar-refractivity contribution in [3.8, 4) is 11.5 Å². The maximum absolute atomic E-state index is 13.5. The summed E-state index contributed by atoms with van der Waals surface area (Å²) in [6.07, 6.45) is 5.55. The van der Waals surface area contributed by atoms with Gasteiger partial charge in [-0.1, -0.05) is 18.2 Å². The summed E-state index contributed by atoms with van der Waals surface area (Å²) in [6, 6.07) is 10.9. The van der Waals surface area contributed by atoms with Crippen molar-refractivity contribution in [3.05, 3.63) is 83.7 Å². The smallest absolute Gasteiger partial charge is 0.312 e. The number of aryl methyl sites for hydroxylation is 1. The normalized spacial score (nSPS) is 15.8. The standard InChI is InChI=1S/C23H18N6O3/c1-13-15-6-2-3-7-17(15)31-20(13)19-18-16(25-12-26-18)8-10-29(19)23(30)22-28-27-21(32-22)14-5-4-9-24-11-14/h2-7,9,11-12,19H,8,10H2,1H3,(H,25,26)/t19-/m1/s1. The van der Waals surface area contributed by atoms with E-state index in [1.807, 2.05) is 31.2 Å². The molecule has 1 aliphatic heterocycles. The number of imidazole rings is 1. The van der Waals surface area contributed by atoms with E-state index >= 15 is 0 Å². The summed E-state index contributed by atoms with van der Waals surface area (Å²) in [4.78, 5) is 27.0. The summed E-state index contributed by atoms with van der Waals surface area (Å²) in [6.45, 7) is 2.46. The highest BCUT2D eigenvalue weighted by Crippen LogP contribution is 2.39. The molecule has 32 heavy (non-hydrogen) atoms. The number of fused-ring (bicyclic) bond motifs is 2. The number of hydrogen-bond donors (Lipinski definition) is 1. The van der Waals surface area contributed by atoms with Crippen LogP contribution in [0.4, 0.5) is 0 Å². The first-order chi connectivity index (χ1) is 15.7. The Kier molecular flexibility index (Phi) is 4.14. The Bertz CT molecular complexity index is 1430. The van der Waals surface area contributed by atoms with E-state index in [1.165, 1.54) is 0 Å². The number of nitrogens with zero attached hydrogens (tertiary/aromatic N) is 5. The molecule has 6 rings (SSSR count). The van der Waals surface area contributed by atoms with Gasteiger partial charge in [0, 0.05) is 42.0 Å². The zero-order valence-electron chi connectivity index (χ0n) is 17.1. The molecule has 9 heteroatoms. The minimum absolute atomic E-state index is 0.0818. The molecule has 5 aromatic rings. The van der Waals surface area contributed by atoms with E-state index in [9.17, 15) is 4.79 Å². The number of amides is 1. The lowest BCUT2D eigenvalue weighted by atomic mass is 9.97. The van der Waals surface area contributed by atoms with Gasteiger partial charge in [0.15, 0.2) is 0 Å². The first kappa shape index (κ1) is 18.5. The quantitative estimate of drug-likeness (QED) is 0.468. The average Bonchev–Trinajstić information content (AvgIpc) is 3.58. The molecule has 1 aromatic carbocycles. The Labute approximate surface area is 182 Å². The molecule has 1 N–H and O–H groups in total. The minimum atomic E-state index is -0.501. The molecule has 1 aliphatic rings. The summed E-state index contributed by atoms with van der Waals surface area (Å²) in [5.41, 5.74) is 4.14. The maximum Gasteiger partial charge on any atom is 0.312 e. The van der Waals surface area contributed by atoms with Crippen LogP contribution >= 0.6 is 0 Å². The summed E-state index contributed by atoms with van der Waals surface area (Å²) in [7, 11) is 0. The fourth-order valence-electron chi connectivity index (χ4n) is 4.25. The summed E-state index contributed by atoms with van der Waals surface area (Å²) in [5.74, 6) is 0.475. The molecule has 1 amide bonds. The number of carbonyl (C=O) groups is 1. The SMILES string of the molecule is Cc1c([C@H]2c3nc[nH]c3CCN2C(=O)c2nnc(-c3cccnc3)o2)oc2ccccc12. The number of aromatic nitrogens is 5. The molecule has 158 valence electrons. The molecule has 0 aliphatic carbocycles. The van der Waals surface area contributed by atoms with Crippen molar-refractivity contribution in [2.75, 3.05) is 6.54 Å². The van der Waals surface area contributed by atoms with Crippen LogP contribution in [0.5, 0.6) is 0 Å². The van der Waals surface area contributed by atoms with Gasteiger partial charge in [0.05, 0.1) is 17.6 Å². The van der Waals surface area contributed by atoms with Crippen LogP contribution in [0.3, 0.4) is 0 Å². The fraction of sp³-hybridized carbons (Fsp3) is 0.174. The highest BCUT2D eigenvalue weighted by Gasteiger charge is 2.39. The number of carbonyl (C=O) groups excluding carboxylic acids is 1. The lowest BCUT2D eigenvalue weighted by Gasteiger charge is -2.33. The fourth-order valence-corrected chi connectivity index (χ4v) is 4.25. The Hall–Kier alpha value is -4.27. The zero-order valence-corrected chi connectivity index (χ0v) is 17.1. The van der Waals surface area contributed by atoms with Gasteiger partial charge in [0.1, 0.15) is 17.4 Å². The molecular weight excluding hydrogens is 408 g/mol. The van der Waals surface area contributed by atoms with Crippen LogP contribution in [-0.4, -0.2) is 42.5 Å². The molecule has 0 unspecified atom stereocenters. The number of para-hydroxylation sites is 1. The van der Waals surface area contributed by atoms with Crippen molar-refractivity contribution < 1.29 is 13.6 Å². The van der Waals surface area contributed by atoms with Gasteiger partial charge in [-0.2, -0.15) is 0 Å². The average molecular weight is 426 g/mol. The molecule has 4 aromatic heterocycles. The van der Waals surface area contributed by atoms with Crippen molar-refractivity contribution in [1.82, 2.24) is 30.0 Å². The third-order valence-corrected chi connectivity index (χ3v) is 5.83. The van der Waals surface area contributed by atoms with Gasteiger partial charge in [0.25, 0.3) is 0 Å². The second-order valence-electron chi connectivity index (χ2n) is 7.66. The van der Waals surface area contributed by atoms with Gasteiger partial charge in [-0.3, -0.25) is 9.78 Å². The molecule has 0 saturated heterocycles. The van der Waals surface area contributed by atoms with Gasteiger partial charge in [-0.05, 0) is 25.1 Å². The monoisotopic (exact) mass is 426 g/mol. The van der Waals surface area contributed by atoms with Gasteiger partial charge < -0.3 is 18.7 Å². The number of H-pyrrole nitrogens is 1. The predicted molar refractivity (Wildman–Crippen MR) is 114 cm³/mol. The van der Waals surface area contributed by atoms with Crippen LogP contribution in [0.25, 0.3) is 22.4 Å². The van der Waals surface area contributed by atoms with Gasteiger partial charge in [-0.25, -0.2) is 4.98 Å².